The average molecular weight is 288 g/mol. The Balaban J connectivity index is 1.92. The van der Waals surface area contributed by atoms with Gasteiger partial charge in [0.2, 0.25) is 5.82 Å². The normalized spacial score (nSPS) is 18.3. The second-order valence-corrected chi connectivity index (χ2v) is 5.48. The predicted octanol–water partition coefficient (Wildman–Crippen LogP) is 2.91. The van der Waals surface area contributed by atoms with E-state index in [-0.39, 0.29) is 0 Å². The van der Waals surface area contributed by atoms with E-state index >= 15 is 0 Å². The summed E-state index contributed by atoms with van der Waals surface area (Å²) < 4.78 is 11.2. The van der Waals surface area contributed by atoms with Gasteiger partial charge in [-0.05, 0) is 25.0 Å². The third-order valence-electron chi connectivity index (χ3n) is 4.13. The second kappa shape index (κ2) is 5.81. The Kier molecular flexibility index (Phi) is 3.88. The molecule has 0 aromatic carbocycles. The van der Waals surface area contributed by atoms with Crippen LogP contribution in [-0.4, -0.2) is 22.2 Å². The van der Waals surface area contributed by atoms with Gasteiger partial charge in [-0.2, -0.15) is 4.98 Å². The van der Waals surface area contributed by atoms with E-state index in [4.69, 9.17) is 15.0 Å². The summed E-state index contributed by atoms with van der Waals surface area (Å²) in [4.78, 5) is 8.72. The molecule has 0 amide bonds. The van der Waals surface area contributed by atoms with Crippen LogP contribution in [0.5, 0.6) is 0 Å². The van der Waals surface area contributed by atoms with Crippen LogP contribution >= 0.6 is 0 Å². The first-order chi connectivity index (χ1) is 10.2. The van der Waals surface area contributed by atoms with Crippen LogP contribution in [-0.2, 0) is 10.3 Å². The van der Waals surface area contributed by atoms with E-state index in [0.717, 1.165) is 25.7 Å². The van der Waals surface area contributed by atoms with Crippen molar-refractivity contribution in [3.05, 3.63) is 24.0 Å². The van der Waals surface area contributed by atoms with E-state index in [1.165, 1.54) is 12.8 Å². The summed E-state index contributed by atoms with van der Waals surface area (Å²) >= 11 is 0. The SMILES string of the molecule is COC1(c2noc(-c3cccc(N)n3)n2)CCCCCC1. The Labute approximate surface area is 123 Å². The monoisotopic (exact) mass is 288 g/mol. The van der Waals surface area contributed by atoms with Gasteiger partial charge in [0, 0.05) is 7.11 Å². The molecule has 6 heteroatoms. The van der Waals surface area contributed by atoms with Crippen molar-refractivity contribution in [3.8, 4) is 11.6 Å². The van der Waals surface area contributed by atoms with Crippen molar-refractivity contribution in [2.75, 3.05) is 12.8 Å². The standard InChI is InChI=1S/C15H20N4O2/c1-20-15(9-4-2-3-5-10-15)14-18-13(21-19-14)11-7-6-8-12(16)17-11/h6-8H,2-5,9-10H2,1H3,(H2,16,17). The number of anilines is 1. The Hall–Kier alpha value is -1.95. The Morgan fingerprint density at radius 1 is 1.14 bits per heavy atom. The summed E-state index contributed by atoms with van der Waals surface area (Å²) in [7, 11) is 1.72. The summed E-state index contributed by atoms with van der Waals surface area (Å²) in [5, 5.41) is 4.14. The molecule has 2 aromatic heterocycles. The summed E-state index contributed by atoms with van der Waals surface area (Å²) in [5.41, 5.74) is 5.85. The zero-order chi connectivity index (χ0) is 14.7. The molecule has 112 valence electrons. The maximum Gasteiger partial charge on any atom is 0.276 e. The van der Waals surface area contributed by atoms with E-state index in [1.54, 1.807) is 19.2 Å². The number of nitrogens with zero attached hydrogens (tertiary/aromatic N) is 3. The van der Waals surface area contributed by atoms with Gasteiger partial charge in [0.25, 0.3) is 5.89 Å². The molecule has 1 aliphatic rings. The molecule has 1 fully saturated rings. The molecule has 0 bridgehead atoms. The van der Waals surface area contributed by atoms with Crippen molar-refractivity contribution < 1.29 is 9.26 Å². The minimum atomic E-state index is -0.432. The first-order valence-corrected chi connectivity index (χ1v) is 7.36. The number of aromatic nitrogens is 3. The number of hydrogen-bond acceptors (Lipinski definition) is 6. The number of ether oxygens (including phenoxy) is 1. The highest BCUT2D eigenvalue weighted by Crippen LogP contribution is 2.38. The van der Waals surface area contributed by atoms with Crippen molar-refractivity contribution in [2.45, 2.75) is 44.1 Å². The number of methoxy groups -OCH3 is 1. The number of pyridine rings is 1. The molecule has 2 aromatic rings. The smallest absolute Gasteiger partial charge is 0.276 e. The number of nitrogens with two attached hydrogens (primary N) is 1. The maximum atomic E-state index is 5.79. The van der Waals surface area contributed by atoms with Crippen LogP contribution < -0.4 is 5.73 Å². The van der Waals surface area contributed by atoms with Gasteiger partial charge in [-0.3, -0.25) is 0 Å². The largest absolute Gasteiger partial charge is 0.384 e. The molecule has 6 nitrogen and oxygen atoms in total. The third-order valence-corrected chi connectivity index (χ3v) is 4.13. The molecule has 1 saturated carbocycles. The minimum Gasteiger partial charge on any atom is -0.384 e. The van der Waals surface area contributed by atoms with Crippen molar-refractivity contribution in [1.82, 2.24) is 15.1 Å². The number of hydrogen-bond donors (Lipinski definition) is 1. The molecular formula is C15H20N4O2. The second-order valence-electron chi connectivity index (χ2n) is 5.48. The zero-order valence-corrected chi connectivity index (χ0v) is 12.2. The first-order valence-electron chi connectivity index (χ1n) is 7.36. The topological polar surface area (TPSA) is 87.1 Å². The Morgan fingerprint density at radius 2 is 1.90 bits per heavy atom. The zero-order valence-electron chi connectivity index (χ0n) is 12.2. The van der Waals surface area contributed by atoms with E-state index in [0.29, 0.717) is 23.2 Å². The lowest BCUT2D eigenvalue weighted by Gasteiger charge is -2.27. The molecule has 1 aliphatic carbocycles. The molecule has 0 radical (unpaired) electrons. The van der Waals surface area contributed by atoms with Crippen LogP contribution in [0.2, 0.25) is 0 Å². The van der Waals surface area contributed by atoms with Crippen molar-refractivity contribution in [2.24, 2.45) is 0 Å². The van der Waals surface area contributed by atoms with Crippen molar-refractivity contribution in [1.29, 1.82) is 0 Å². The summed E-state index contributed by atoms with van der Waals surface area (Å²) in [6, 6.07) is 5.35. The first kappa shape index (κ1) is 14.0. The molecule has 0 aliphatic heterocycles. The predicted molar refractivity (Wildman–Crippen MR) is 78.3 cm³/mol. The summed E-state index contributed by atoms with van der Waals surface area (Å²) in [6.45, 7) is 0. The Morgan fingerprint density at radius 3 is 2.57 bits per heavy atom. The van der Waals surface area contributed by atoms with Gasteiger partial charge in [0.15, 0.2) is 0 Å². The molecule has 3 rings (SSSR count). The van der Waals surface area contributed by atoms with Crippen LogP contribution in [0.1, 0.15) is 44.3 Å². The van der Waals surface area contributed by atoms with Crippen LogP contribution in [0.25, 0.3) is 11.6 Å². The van der Waals surface area contributed by atoms with Crippen LogP contribution in [0.15, 0.2) is 22.7 Å². The lowest BCUT2D eigenvalue weighted by atomic mass is 9.93. The fraction of sp³-hybridized carbons (Fsp3) is 0.533. The van der Waals surface area contributed by atoms with Crippen LogP contribution in [0.4, 0.5) is 5.82 Å². The number of nitrogen functional groups attached to an aromatic ring is 1. The summed E-state index contributed by atoms with van der Waals surface area (Å²) in [5.74, 6) is 1.44. The van der Waals surface area contributed by atoms with Gasteiger partial charge in [0.05, 0.1) is 0 Å². The molecule has 0 spiro atoms. The van der Waals surface area contributed by atoms with E-state index in [9.17, 15) is 0 Å². The van der Waals surface area contributed by atoms with E-state index in [1.807, 2.05) is 6.07 Å². The van der Waals surface area contributed by atoms with Crippen molar-refractivity contribution in [3.63, 3.8) is 0 Å². The lowest BCUT2D eigenvalue weighted by molar-refractivity contribution is -0.0365. The van der Waals surface area contributed by atoms with Crippen molar-refractivity contribution >= 4 is 5.82 Å². The summed E-state index contributed by atoms with van der Waals surface area (Å²) in [6.07, 6.45) is 6.54. The number of rotatable bonds is 3. The lowest BCUT2D eigenvalue weighted by Crippen LogP contribution is -2.29. The molecule has 0 unspecified atom stereocenters. The molecule has 21 heavy (non-hydrogen) atoms. The molecular weight excluding hydrogens is 268 g/mol. The van der Waals surface area contributed by atoms with Gasteiger partial charge in [-0.15, -0.1) is 0 Å². The molecule has 2 N–H and O–H groups in total. The fourth-order valence-corrected chi connectivity index (χ4v) is 2.90. The van der Waals surface area contributed by atoms with Crippen LogP contribution in [0.3, 0.4) is 0 Å². The van der Waals surface area contributed by atoms with Gasteiger partial charge in [0.1, 0.15) is 17.1 Å². The van der Waals surface area contributed by atoms with Gasteiger partial charge < -0.3 is 15.0 Å². The fourth-order valence-electron chi connectivity index (χ4n) is 2.90. The highest BCUT2D eigenvalue weighted by atomic mass is 16.5. The highest BCUT2D eigenvalue weighted by Gasteiger charge is 2.37. The van der Waals surface area contributed by atoms with Gasteiger partial charge in [-0.25, -0.2) is 4.98 Å². The van der Waals surface area contributed by atoms with Gasteiger partial charge in [-0.1, -0.05) is 36.9 Å². The van der Waals surface area contributed by atoms with E-state index in [2.05, 4.69) is 15.1 Å². The quantitative estimate of drug-likeness (QED) is 0.874. The molecule has 0 saturated heterocycles. The van der Waals surface area contributed by atoms with Crippen LogP contribution in [0, 0.1) is 0 Å². The maximum absolute atomic E-state index is 5.79. The van der Waals surface area contributed by atoms with Gasteiger partial charge >= 0.3 is 0 Å². The molecule has 2 heterocycles. The third kappa shape index (κ3) is 2.76. The minimum absolute atomic E-state index is 0.387. The highest BCUT2D eigenvalue weighted by molar-refractivity contribution is 5.50. The van der Waals surface area contributed by atoms with E-state index < -0.39 is 5.60 Å². The molecule has 0 atom stereocenters. The average Bonchev–Trinajstić information content (AvgIpc) is 2.87. The Bertz CT molecular complexity index is 603.